The van der Waals surface area contributed by atoms with E-state index in [0.29, 0.717) is 12.5 Å². The van der Waals surface area contributed by atoms with Crippen LogP contribution < -0.4 is 5.73 Å². The summed E-state index contributed by atoms with van der Waals surface area (Å²) in [5, 5.41) is 0.743. The van der Waals surface area contributed by atoms with Gasteiger partial charge in [0.1, 0.15) is 0 Å². The number of benzene rings is 1. The summed E-state index contributed by atoms with van der Waals surface area (Å²) in [7, 11) is 1.95. The van der Waals surface area contributed by atoms with Crippen molar-refractivity contribution in [3.63, 3.8) is 0 Å². The first-order valence-electron chi connectivity index (χ1n) is 4.84. The Morgan fingerprint density at radius 3 is 2.80 bits per heavy atom. The predicted molar refractivity (Wildman–Crippen MR) is 63.1 cm³/mol. The number of nitrogens with zero attached hydrogens (tertiary/aromatic N) is 2. The first-order chi connectivity index (χ1) is 7.04. The molecular formula is C11H14ClN3. The lowest BCUT2D eigenvalue weighted by molar-refractivity contribution is 0.267. The van der Waals surface area contributed by atoms with Crippen molar-refractivity contribution in [1.29, 1.82) is 0 Å². The van der Waals surface area contributed by atoms with E-state index in [1.807, 2.05) is 30.1 Å². The third-order valence-corrected chi connectivity index (χ3v) is 3.31. The third-order valence-electron chi connectivity index (χ3n) is 3.08. The molecule has 3 nitrogen and oxygen atoms in total. The Morgan fingerprint density at radius 1 is 1.53 bits per heavy atom. The van der Waals surface area contributed by atoms with Gasteiger partial charge in [-0.05, 0) is 24.6 Å². The number of hydrogen-bond acceptors (Lipinski definition) is 3. The van der Waals surface area contributed by atoms with Crippen LogP contribution in [0.15, 0.2) is 29.3 Å². The highest BCUT2D eigenvalue weighted by Crippen LogP contribution is 2.32. The minimum Gasteiger partial charge on any atom is -0.370 e. The number of likely N-dealkylation sites (N-methyl/N-ethyl adjacent to an activating group) is 1. The number of guanidine groups is 1. The normalized spacial score (nSPS) is 25.5. The lowest BCUT2D eigenvalue weighted by atomic mass is 9.92. The molecule has 0 fully saturated rings. The number of rotatable bonds is 1. The predicted octanol–water partition coefficient (Wildman–Crippen LogP) is 1.82. The van der Waals surface area contributed by atoms with Crippen LogP contribution in [-0.2, 0) is 5.54 Å². The van der Waals surface area contributed by atoms with Crippen molar-refractivity contribution in [2.24, 2.45) is 10.7 Å². The van der Waals surface area contributed by atoms with Crippen molar-refractivity contribution >= 4 is 17.6 Å². The molecule has 0 aromatic heterocycles. The highest BCUT2D eigenvalue weighted by molar-refractivity contribution is 6.30. The van der Waals surface area contributed by atoms with Gasteiger partial charge < -0.3 is 10.6 Å². The molecule has 0 radical (unpaired) electrons. The van der Waals surface area contributed by atoms with E-state index in [4.69, 9.17) is 17.3 Å². The van der Waals surface area contributed by atoms with Crippen molar-refractivity contribution in [2.45, 2.75) is 12.5 Å². The van der Waals surface area contributed by atoms with Gasteiger partial charge in [0.15, 0.2) is 5.96 Å². The first kappa shape index (κ1) is 10.3. The van der Waals surface area contributed by atoms with Crippen LogP contribution in [0, 0.1) is 0 Å². The monoisotopic (exact) mass is 223 g/mol. The molecule has 0 bridgehead atoms. The van der Waals surface area contributed by atoms with Gasteiger partial charge in [0.2, 0.25) is 0 Å². The fourth-order valence-electron chi connectivity index (χ4n) is 1.81. The molecule has 0 aliphatic carbocycles. The summed E-state index contributed by atoms with van der Waals surface area (Å²) in [6.07, 6.45) is 0. The van der Waals surface area contributed by atoms with Crippen molar-refractivity contribution in [3.8, 4) is 0 Å². The molecule has 1 aliphatic rings. The zero-order valence-electron chi connectivity index (χ0n) is 8.87. The lowest BCUT2D eigenvalue weighted by Gasteiger charge is -2.33. The van der Waals surface area contributed by atoms with Crippen LogP contribution in [0.25, 0.3) is 0 Å². The van der Waals surface area contributed by atoms with Gasteiger partial charge in [-0.25, -0.2) is 0 Å². The third kappa shape index (κ3) is 1.57. The van der Waals surface area contributed by atoms with Crippen LogP contribution in [0.1, 0.15) is 12.5 Å². The van der Waals surface area contributed by atoms with E-state index in [2.05, 4.69) is 18.0 Å². The molecule has 1 atom stereocenters. The summed E-state index contributed by atoms with van der Waals surface area (Å²) in [6, 6.07) is 7.83. The van der Waals surface area contributed by atoms with Gasteiger partial charge in [-0.1, -0.05) is 23.7 Å². The lowest BCUT2D eigenvalue weighted by Crippen LogP contribution is -2.44. The highest BCUT2D eigenvalue weighted by Gasteiger charge is 2.36. The van der Waals surface area contributed by atoms with E-state index in [1.54, 1.807) is 0 Å². The summed E-state index contributed by atoms with van der Waals surface area (Å²) < 4.78 is 0. The van der Waals surface area contributed by atoms with E-state index >= 15 is 0 Å². The van der Waals surface area contributed by atoms with Gasteiger partial charge in [-0.15, -0.1) is 0 Å². The summed E-state index contributed by atoms with van der Waals surface area (Å²) in [5.41, 5.74) is 6.74. The number of halogens is 1. The maximum Gasteiger partial charge on any atom is 0.191 e. The molecule has 1 unspecified atom stereocenters. The Kier molecular flexibility index (Phi) is 2.35. The second-order valence-corrected chi connectivity index (χ2v) is 4.45. The molecule has 0 amide bonds. The van der Waals surface area contributed by atoms with Crippen LogP contribution in [0.2, 0.25) is 5.02 Å². The second kappa shape index (κ2) is 3.42. The molecule has 1 aromatic rings. The van der Waals surface area contributed by atoms with Gasteiger partial charge in [-0.3, -0.25) is 4.99 Å². The van der Waals surface area contributed by atoms with Gasteiger partial charge in [-0.2, -0.15) is 0 Å². The Labute approximate surface area is 94.5 Å². The molecule has 0 spiro atoms. The SMILES string of the molecule is CN1C(N)=NCC1(C)c1cccc(Cl)c1. The molecule has 1 aromatic carbocycles. The fraction of sp³-hybridized carbons (Fsp3) is 0.364. The molecular weight excluding hydrogens is 210 g/mol. The van der Waals surface area contributed by atoms with Crippen molar-refractivity contribution < 1.29 is 0 Å². The Balaban J connectivity index is 2.40. The number of nitrogens with two attached hydrogens (primary N) is 1. The van der Waals surface area contributed by atoms with Gasteiger partial charge in [0.05, 0.1) is 12.1 Å². The van der Waals surface area contributed by atoms with Gasteiger partial charge in [0, 0.05) is 12.1 Å². The van der Waals surface area contributed by atoms with Gasteiger partial charge in [0.25, 0.3) is 0 Å². The van der Waals surface area contributed by atoms with Crippen LogP contribution >= 0.6 is 11.6 Å². The van der Waals surface area contributed by atoms with E-state index in [9.17, 15) is 0 Å². The molecule has 2 N–H and O–H groups in total. The zero-order valence-corrected chi connectivity index (χ0v) is 9.62. The molecule has 1 aliphatic heterocycles. The van der Waals surface area contributed by atoms with Crippen molar-refractivity contribution in [3.05, 3.63) is 34.9 Å². The smallest absolute Gasteiger partial charge is 0.191 e. The molecule has 1 heterocycles. The molecule has 15 heavy (non-hydrogen) atoms. The summed E-state index contributed by atoms with van der Waals surface area (Å²) >= 11 is 5.98. The molecule has 80 valence electrons. The van der Waals surface area contributed by atoms with Crippen LogP contribution in [0.5, 0.6) is 0 Å². The van der Waals surface area contributed by atoms with E-state index in [1.165, 1.54) is 0 Å². The zero-order chi connectivity index (χ0) is 11.1. The summed E-state index contributed by atoms with van der Waals surface area (Å²) in [5.74, 6) is 0.581. The molecule has 4 heteroatoms. The number of aliphatic imine (C=N–C) groups is 1. The van der Waals surface area contributed by atoms with Crippen molar-refractivity contribution in [1.82, 2.24) is 4.90 Å². The average Bonchev–Trinajstić information content (AvgIpc) is 2.48. The standard InChI is InChI=1S/C11H14ClN3/c1-11(7-14-10(13)15(11)2)8-4-3-5-9(12)6-8/h3-6H,7H2,1-2H3,(H2,13,14). The molecule has 2 rings (SSSR count). The quantitative estimate of drug-likeness (QED) is 0.789. The Hall–Kier alpha value is -1.22. The van der Waals surface area contributed by atoms with E-state index in [-0.39, 0.29) is 5.54 Å². The average molecular weight is 224 g/mol. The van der Waals surface area contributed by atoms with E-state index in [0.717, 1.165) is 10.6 Å². The largest absolute Gasteiger partial charge is 0.370 e. The van der Waals surface area contributed by atoms with Crippen LogP contribution in [0.4, 0.5) is 0 Å². The highest BCUT2D eigenvalue weighted by atomic mass is 35.5. The Morgan fingerprint density at radius 2 is 2.27 bits per heavy atom. The van der Waals surface area contributed by atoms with Gasteiger partial charge >= 0.3 is 0 Å². The topological polar surface area (TPSA) is 41.6 Å². The maximum absolute atomic E-state index is 5.98. The van der Waals surface area contributed by atoms with Crippen LogP contribution in [0.3, 0.4) is 0 Å². The van der Waals surface area contributed by atoms with Crippen molar-refractivity contribution in [2.75, 3.05) is 13.6 Å². The molecule has 0 saturated carbocycles. The first-order valence-corrected chi connectivity index (χ1v) is 5.21. The minimum absolute atomic E-state index is 0.172. The minimum atomic E-state index is -0.172. The summed E-state index contributed by atoms with van der Waals surface area (Å²) in [6.45, 7) is 2.79. The Bertz CT molecular complexity index is 416. The van der Waals surface area contributed by atoms with Crippen LogP contribution in [-0.4, -0.2) is 24.5 Å². The number of hydrogen-bond donors (Lipinski definition) is 1. The maximum atomic E-state index is 5.98. The second-order valence-electron chi connectivity index (χ2n) is 4.02. The molecule has 0 saturated heterocycles. The fourth-order valence-corrected chi connectivity index (χ4v) is 2.00. The van der Waals surface area contributed by atoms with E-state index < -0.39 is 0 Å². The summed E-state index contributed by atoms with van der Waals surface area (Å²) in [4.78, 5) is 6.24.